The average molecular weight is 211 g/mol. The van der Waals surface area contributed by atoms with Crippen molar-refractivity contribution >= 4 is 18.0 Å². The molecule has 1 rings (SSSR count). The molecule has 0 N–H and O–H groups in total. The van der Waals surface area contributed by atoms with Crippen molar-refractivity contribution < 1.29 is 9.09 Å². The Bertz CT molecular complexity index is 178. The van der Waals surface area contributed by atoms with E-state index >= 15 is 0 Å². The molecule has 0 aromatic carbocycles. The second-order valence-electron chi connectivity index (χ2n) is 3.23. The van der Waals surface area contributed by atoms with Gasteiger partial charge in [-0.1, -0.05) is 19.3 Å². The highest BCUT2D eigenvalue weighted by atomic mass is 35.7. The lowest BCUT2D eigenvalue weighted by Gasteiger charge is -2.25. The fraction of sp³-hybridized carbons (Fsp3) is 1.00. The van der Waals surface area contributed by atoms with Crippen LogP contribution < -0.4 is 0 Å². The number of rotatable bonds is 3. The van der Waals surface area contributed by atoms with Gasteiger partial charge in [-0.25, -0.2) is 0 Å². The molecule has 0 saturated heterocycles. The summed E-state index contributed by atoms with van der Waals surface area (Å²) >= 11 is 5.85. The topological polar surface area (TPSA) is 26.3 Å². The summed E-state index contributed by atoms with van der Waals surface area (Å²) in [4.78, 5) is 0. The molecule has 72 valence electrons. The van der Waals surface area contributed by atoms with E-state index in [1.54, 1.807) is 0 Å². The summed E-state index contributed by atoms with van der Waals surface area (Å²) in [6, 6.07) is 0. The molecule has 1 fully saturated rings. The highest BCUT2D eigenvalue weighted by molar-refractivity contribution is 7.85. The van der Waals surface area contributed by atoms with Gasteiger partial charge in [0.1, 0.15) is 0 Å². The summed E-state index contributed by atoms with van der Waals surface area (Å²) in [6.07, 6.45) is 5.49. The van der Waals surface area contributed by atoms with Gasteiger partial charge in [0, 0.05) is 0 Å². The predicted molar refractivity (Wildman–Crippen MR) is 52.0 cm³/mol. The van der Waals surface area contributed by atoms with Gasteiger partial charge < -0.3 is 4.52 Å². The van der Waals surface area contributed by atoms with E-state index in [4.69, 9.17) is 15.8 Å². The third-order valence-corrected chi connectivity index (χ3v) is 5.44. The van der Waals surface area contributed by atoms with E-state index in [-0.39, 0.29) is 5.66 Å². The van der Waals surface area contributed by atoms with Gasteiger partial charge in [0.25, 0.3) is 6.72 Å². The van der Waals surface area contributed by atoms with Crippen LogP contribution in [0.2, 0.25) is 0 Å². The molecule has 0 bridgehead atoms. The molecule has 1 unspecified atom stereocenters. The van der Waals surface area contributed by atoms with E-state index in [1.165, 1.54) is 6.42 Å². The van der Waals surface area contributed by atoms with Crippen molar-refractivity contribution in [2.24, 2.45) is 0 Å². The summed E-state index contributed by atoms with van der Waals surface area (Å²) in [6.45, 7) is -0.509. The standard InChI is InChI=1S/C8H16ClO2P/c1-2-11-12(9,10)8-6-4-3-5-7-8/h8H,2-7H2,1H3. The molecule has 0 heterocycles. The summed E-state index contributed by atoms with van der Waals surface area (Å²) in [5.74, 6) is 0. The second kappa shape index (κ2) is 4.64. The quantitative estimate of drug-likeness (QED) is 0.663. The van der Waals surface area contributed by atoms with Gasteiger partial charge in [-0.15, -0.1) is 0 Å². The summed E-state index contributed by atoms with van der Waals surface area (Å²) < 4.78 is 16.8. The smallest absolute Gasteiger partial charge is 0.293 e. The first-order valence-corrected chi connectivity index (χ1v) is 7.20. The zero-order valence-corrected chi connectivity index (χ0v) is 9.11. The van der Waals surface area contributed by atoms with Crippen molar-refractivity contribution in [3.8, 4) is 0 Å². The zero-order valence-electron chi connectivity index (χ0n) is 7.46. The van der Waals surface area contributed by atoms with Crippen LogP contribution in [0.1, 0.15) is 39.0 Å². The Morgan fingerprint density at radius 2 is 2.00 bits per heavy atom. The fourth-order valence-corrected chi connectivity index (χ4v) is 4.09. The molecule has 1 saturated carbocycles. The Hall–Kier alpha value is 0.480. The molecular weight excluding hydrogens is 195 g/mol. The van der Waals surface area contributed by atoms with Gasteiger partial charge in [-0.05, 0) is 31.0 Å². The van der Waals surface area contributed by atoms with Gasteiger partial charge in [-0.2, -0.15) is 0 Å². The lowest BCUT2D eigenvalue weighted by atomic mass is 10.0. The molecule has 1 aliphatic rings. The molecule has 2 nitrogen and oxygen atoms in total. The Morgan fingerprint density at radius 3 is 2.50 bits per heavy atom. The van der Waals surface area contributed by atoms with Crippen molar-refractivity contribution in [3.05, 3.63) is 0 Å². The molecule has 12 heavy (non-hydrogen) atoms. The van der Waals surface area contributed by atoms with Crippen molar-refractivity contribution in [3.63, 3.8) is 0 Å². The largest absolute Gasteiger partial charge is 0.318 e. The first kappa shape index (κ1) is 10.6. The number of halogens is 1. The second-order valence-corrected chi connectivity index (χ2v) is 6.67. The van der Waals surface area contributed by atoms with Crippen molar-refractivity contribution in [2.45, 2.75) is 44.7 Å². The van der Waals surface area contributed by atoms with Crippen LogP contribution in [0.25, 0.3) is 0 Å². The van der Waals surface area contributed by atoms with Crippen LogP contribution in [0.15, 0.2) is 0 Å². The van der Waals surface area contributed by atoms with Crippen LogP contribution >= 0.6 is 18.0 Å². The minimum atomic E-state index is -2.80. The molecule has 0 amide bonds. The van der Waals surface area contributed by atoms with E-state index in [0.29, 0.717) is 6.61 Å². The maximum Gasteiger partial charge on any atom is 0.293 e. The van der Waals surface area contributed by atoms with E-state index in [0.717, 1.165) is 25.7 Å². The normalized spacial score (nSPS) is 25.2. The monoisotopic (exact) mass is 210 g/mol. The minimum Gasteiger partial charge on any atom is -0.318 e. The lowest BCUT2D eigenvalue weighted by Crippen LogP contribution is -2.12. The van der Waals surface area contributed by atoms with Crippen molar-refractivity contribution in [2.75, 3.05) is 6.61 Å². The van der Waals surface area contributed by atoms with E-state index in [2.05, 4.69) is 0 Å². The van der Waals surface area contributed by atoms with Crippen LogP contribution in [0.3, 0.4) is 0 Å². The van der Waals surface area contributed by atoms with Crippen LogP contribution in [-0.2, 0) is 9.09 Å². The summed E-state index contributed by atoms with van der Waals surface area (Å²) in [5.41, 5.74) is 0.118. The maximum absolute atomic E-state index is 11.7. The Kier molecular flexibility index (Phi) is 4.09. The molecule has 0 aromatic heterocycles. The van der Waals surface area contributed by atoms with Crippen molar-refractivity contribution in [1.82, 2.24) is 0 Å². The minimum absolute atomic E-state index is 0.118. The van der Waals surface area contributed by atoms with Gasteiger partial charge in [0.05, 0.1) is 12.3 Å². The molecule has 0 aliphatic heterocycles. The molecule has 0 radical (unpaired) electrons. The first-order valence-electron chi connectivity index (χ1n) is 4.60. The zero-order chi connectivity index (χ0) is 9.03. The van der Waals surface area contributed by atoms with Crippen LogP contribution in [-0.4, -0.2) is 12.3 Å². The lowest BCUT2D eigenvalue weighted by molar-refractivity contribution is 0.327. The van der Waals surface area contributed by atoms with Crippen molar-refractivity contribution in [1.29, 1.82) is 0 Å². The van der Waals surface area contributed by atoms with Gasteiger partial charge in [0.15, 0.2) is 0 Å². The molecule has 1 atom stereocenters. The molecule has 1 aliphatic carbocycles. The highest BCUT2D eigenvalue weighted by Crippen LogP contribution is 2.60. The summed E-state index contributed by atoms with van der Waals surface area (Å²) in [5, 5.41) is 0. The fourth-order valence-electron chi connectivity index (χ4n) is 1.67. The third kappa shape index (κ3) is 2.76. The van der Waals surface area contributed by atoms with Gasteiger partial charge in [0.2, 0.25) is 0 Å². The summed E-state index contributed by atoms with van der Waals surface area (Å²) in [7, 11) is 0. The Balaban J connectivity index is 2.48. The molecule has 0 spiro atoms. The maximum atomic E-state index is 11.7. The third-order valence-electron chi connectivity index (χ3n) is 2.32. The molecule has 0 aromatic rings. The number of hydrogen-bond acceptors (Lipinski definition) is 2. The molecule has 4 heteroatoms. The Morgan fingerprint density at radius 1 is 1.42 bits per heavy atom. The SMILES string of the molecule is CCOP(=O)(Cl)C1CCCCC1. The molecular formula is C8H16ClO2P. The van der Waals surface area contributed by atoms with E-state index in [1.807, 2.05) is 6.92 Å². The van der Waals surface area contributed by atoms with E-state index < -0.39 is 6.72 Å². The van der Waals surface area contributed by atoms with Crippen LogP contribution in [0, 0.1) is 0 Å². The first-order chi connectivity index (χ1) is 5.67. The van der Waals surface area contributed by atoms with Gasteiger partial charge in [-0.3, -0.25) is 4.57 Å². The Labute approximate surface area is 78.9 Å². The van der Waals surface area contributed by atoms with E-state index in [9.17, 15) is 4.57 Å². The van der Waals surface area contributed by atoms with Gasteiger partial charge >= 0.3 is 0 Å². The predicted octanol–water partition coefficient (Wildman–Crippen LogP) is 3.79. The van der Waals surface area contributed by atoms with Crippen LogP contribution in [0.5, 0.6) is 0 Å². The van der Waals surface area contributed by atoms with Crippen LogP contribution in [0.4, 0.5) is 0 Å². The number of hydrogen-bond donors (Lipinski definition) is 0. The average Bonchev–Trinajstić information content (AvgIpc) is 2.06. The highest BCUT2D eigenvalue weighted by Gasteiger charge is 2.32.